The van der Waals surface area contributed by atoms with E-state index in [0.717, 1.165) is 0 Å². The summed E-state index contributed by atoms with van der Waals surface area (Å²) in [5, 5.41) is 17.8. The van der Waals surface area contributed by atoms with Crippen LogP contribution in [0.4, 0.5) is 13.2 Å². The monoisotopic (exact) mass is 271 g/mol. The summed E-state index contributed by atoms with van der Waals surface area (Å²) in [6.07, 6.45) is -4.53. The fraction of sp³-hybridized carbons (Fsp3) is 0.250. The Hall–Kier alpha value is -1.70. The van der Waals surface area contributed by atoms with E-state index in [2.05, 4.69) is 9.72 Å². The molecule has 5 nitrogen and oxygen atoms in total. The first-order chi connectivity index (χ1) is 7.76. The number of carboxylic acids is 1. The highest BCUT2D eigenvalue weighted by Gasteiger charge is 2.34. The van der Waals surface area contributed by atoms with Gasteiger partial charge in [-0.15, -0.1) is 24.8 Å². The summed E-state index contributed by atoms with van der Waals surface area (Å²) >= 11 is 5.32. The van der Waals surface area contributed by atoms with Gasteiger partial charge in [0.25, 0.3) is 0 Å². The zero-order chi connectivity index (χ0) is 13.2. The fourth-order valence-electron chi connectivity index (χ4n) is 1.06. The molecule has 0 aliphatic heterocycles. The molecule has 94 valence electrons. The second-order valence-electron chi connectivity index (χ2n) is 2.79. The second kappa shape index (κ2) is 4.66. The van der Waals surface area contributed by atoms with Gasteiger partial charge in [0.15, 0.2) is 17.2 Å². The van der Waals surface area contributed by atoms with Gasteiger partial charge in [0, 0.05) is 5.56 Å². The van der Waals surface area contributed by atoms with Crippen LogP contribution in [0.2, 0.25) is 0 Å². The van der Waals surface area contributed by atoms with E-state index in [4.69, 9.17) is 21.8 Å². The zero-order valence-corrected chi connectivity index (χ0v) is 8.71. The summed E-state index contributed by atoms with van der Waals surface area (Å²) in [4.78, 5) is 13.9. The van der Waals surface area contributed by atoms with Crippen LogP contribution in [-0.2, 0) is 5.88 Å². The van der Waals surface area contributed by atoms with Crippen LogP contribution in [-0.4, -0.2) is 27.5 Å². The molecule has 2 N–H and O–H groups in total. The Morgan fingerprint density at radius 2 is 2.12 bits per heavy atom. The van der Waals surface area contributed by atoms with Crippen molar-refractivity contribution in [3.8, 4) is 11.5 Å². The van der Waals surface area contributed by atoms with Crippen LogP contribution in [0.15, 0.2) is 6.20 Å². The third-order valence-electron chi connectivity index (χ3n) is 1.66. The van der Waals surface area contributed by atoms with E-state index in [-0.39, 0.29) is 0 Å². The van der Waals surface area contributed by atoms with Gasteiger partial charge in [-0.05, 0) is 0 Å². The number of nitrogens with zero attached hydrogens (tertiary/aromatic N) is 1. The smallest absolute Gasteiger partial charge is 0.503 e. The Labute approximate surface area is 97.4 Å². The van der Waals surface area contributed by atoms with Crippen LogP contribution < -0.4 is 4.74 Å². The molecule has 0 aliphatic carbocycles. The van der Waals surface area contributed by atoms with Gasteiger partial charge >= 0.3 is 12.3 Å². The molecular weight excluding hydrogens is 267 g/mol. The number of aromatic nitrogens is 1. The van der Waals surface area contributed by atoms with Gasteiger partial charge in [-0.25, -0.2) is 9.78 Å². The first kappa shape index (κ1) is 13.4. The molecule has 17 heavy (non-hydrogen) atoms. The molecule has 1 aromatic rings. The molecule has 0 bridgehead atoms. The number of aromatic carboxylic acids is 1. The number of ether oxygens (including phenoxy) is 1. The normalized spacial score (nSPS) is 11.3. The maximum Gasteiger partial charge on any atom is 0.573 e. The van der Waals surface area contributed by atoms with E-state index in [1.54, 1.807) is 0 Å². The highest BCUT2D eigenvalue weighted by Crippen LogP contribution is 2.36. The molecule has 0 radical (unpaired) electrons. The molecule has 1 rings (SSSR count). The number of hydrogen-bond acceptors (Lipinski definition) is 4. The molecule has 0 aromatic carbocycles. The predicted octanol–water partition coefficient (Wildman–Crippen LogP) is 2.12. The van der Waals surface area contributed by atoms with Crippen LogP contribution in [0.25, 0.3) is 0 Å². The SMILES string of the molecule is O=C(O)c1ncc(O)c(OC(F)(F)F)c1CCl. The van der Waals surface area contributed by atoms with Crippen molar-refractivity contribution in [3.63, 3.8) is 0 Å². The van der Waals surface area contributed by atoms with E-state index in [1.807, 2.05) is 0 Å². The maximum absolute atomic E-state index is 12.0. The highest BCUT2D eigenvalue weighted by molar-refractivity contribution is 6.17. The lowest BCUT2D eigenvalue weighted by atomic mass is 10.2. The minimum Gasteiger partial charge on any atom is -0.503 e. The van der Waals surface area contributed by atoms with Gasteiger partial charge in [0.1, 0.15) is 0 Å². The van der Waals surface area contributed by atoms with E-state index in [0.29, 0.717) is 6.20 Å². The zero-order valence-electron chi connectivity index (χ0n) is 7.95. The molecule has 0 saturated heterocycles. The standard InChI is InChI=1S/C8H5ClF3NO4/c9-1-3-5(7(15)16)13-2-4(14)6(3)17-8(10,11)12/h2,14H,1H2,(H,15,16). The van der Waals surface area contributed by atoms with Crippen LogP contribution >= 0.6 is 11.6 Å². The Bertz CT molecular complexity index is 449. The highest BCUT2D eigenvalue weighted by atomic mass is 35.5. The predicted molar refractivity (Wildman–Crippen MR) is 49.1 cm³/mol. The van der Waals surface area contributed by atoms with Crippen molar-refractivity contribution in [1.82, 2.24) is 4.98 Å². The number of carboxylic acid groups (broad SMARTS) is 1. The molecule has 0 fully saturated rings. The number of halogens is 4. The number of aromatic hydroxyl groups is 1. The average molecular weight is 272 g/mol. The van der Waals surface area contributed by atoms with Crippen molar-refractivity contribution in [3.05, 3.63) is 17.5 Å². The van der Waals surface area contributed by atoms with E-state index in [1.165, 1.54) is 0 Å². The summed E-state index contributed by atoms with van der Waals surface area (Å²) in [7, 11) is 0. The van der Waals surface area contributed by atoms with Gasteiger partial charge < -0.3 is 14.9 Å². The van der Waals surface area contributed by atoms with Gasteiger partial charge in [-0.3, -0.25) is 0 Å². The molecule has 0 amide bonds. The van der Waals surface area contributed by atoms with Crippen LogP contribution in [0.5, 0.6) is 11.5 Å². The van der Waals surface area contributed by atoms with Crippen LogP contribution in [0.3, 0.4) is 0 Å². The molecule has 9 heteroatoms. The van der Waals surface area contributed by atoms with Gasteiger partial charge in [-0.1, -0.05) is 0 Å². The molecule has 0 aliphatic rings. The van der Waals surface area contributed by atoms with Crippen molar-refractivity contribution < 1.29 is 32.9 Å². The third-order valence-corrected chi connectivity index (χ3v) is 1.93. The molecular formula is C8H5ClF3NO4. The van der Waals surface area contributed by atoms with Gasteiger partial charge in [0.05, 0.1) is 12.1 Å². The summed E-state index contributed by atoms with van der Waals surface area (Å²) in [6, 6.07) is 0. The van der Waals surface area contributed by atoms with Gasteiger partial charge in [0.2, 0.25) is 0 Å². The molecule has 0 saturated carbocycles. The average Bonchev–Trinajstić information content (AvgIpc) is 2.18. The van der Waals surface area contributed by atoms with Crippen molar-refractivity contribution in [1.29, 1.82) is 0 Å². The Morgan fingerprint density at radius 1 is 1.53 bits per heavy atom. The number of pyridine rings is 1. The van der Waals surface area contributed by atoms with E-state index < -0.39 is 41.0 Å². The lowest BCUT2D eigenvalue weighted by Crippen LogP contribution is -2.19. The minimum absolute atomic E-state index is 0.542. The Balaban J connectivity index is 3.35. The van der Waals surface area contributed by atoms with Crippen LogP contribution in [0, 0.1) is 0 Å². The van der Waals surface area contributed by atoms with E-state index in [9.17, 15) is 18.0 Å². The Morgan fingerprint density at radius 3 is 2.53 bits per heavy atom. The minimum atomic E-state index is -5.07. The molecule has 0 unspecified atom stereocenters. The number of hydrogen-bond donors (Lipinski definition) is 2. The first-order valence-electron chi connectivity index (χ1n) is 4.02. The van der Waals surface area contributed by atoms with Crippen molar-refractivity contribution >= 4 is 17.6 Å². The second-order valence-corrected chi connectivity index (χ2v) is 3.05. The fourth-order valence-corrected chi connectivity index (χ4v) is 1.31. The topological polar surface area (TPSA) is 79.7 Å². The summed E-state index contributed by atoms with van der Waals surface area (Å²) < 4.78 is 39.6. The van der Waals surface area contributed by atoms with Crippen LogP contribution in [0.1, 0.15) is 16.1 Å². The van der Waals surface area contributed by atoms with Crippen molar-refractivity contribution in [2.45, 2.75) is 12.2 Å². The molecule has 1 heterocycles. The van der Waals surface area contributed by atoms with Crippen molar-refractivity contribution in [2.75, 3.05) is 0 Å². The number of carbonyl (C=O) groups is 1. The summed E-state index contributed by atoms with van der Waals surface area (Å²) in [5.74, 6) is -4.18. The lowest BCUT2D eigenvalue weighted by molar-refractivity contribution is -0.275. The quantitative estimate of drug-likeness (QED) is 0.823. The third kappa shape index (κ3) is 3.13. The first-order valence-corrected chi connectivity index (χ1v) is 4.55. The molecule has 1 aromatic heterocycles. The van der Waals surface area contributed by atoms with Gasteiger partial charge in [-0.2, -0.15) is 0 Å². The summed E-state index contributed by atoms with van der Waals surface area (Å²) in [6.45, 7) is 0. The molecule has 0 spiro atoms. The van der Waals surface area contributed by atoms with Crippen molar-refractivity contribution in [2.24, 2.45) is 0 Å². The summed E-state index contributed by atoms with van der Waals surface area (Å²) in [5.41, 5.74) is -1.26. The number of alkyl halides is 4. The van der Waals surface area contributed by atoms with E-state index >= 15 is 0 Å². The Kier molecular flexibility index (Phi) is 3.66. The molecule has 0 atom stereocenters. The maximum atomic E-state index is 12.0. The number of rotatable bonds is 3. The lowest BCUT2D eigenvalue weighted by Gasteiger charge is -2.14. The largest absolute Gasteiger partial charge is 0.573 e.